The molecule has 1 aliphatic heterocycles. The number of amides is 1. The molecule has 6 heteroatoms. The van der Waals surface area contributed by atoms with Gasteiger partial charge in [-0.05, 0) is 5.92 Å². The van der Waals surface area contributed by atoms with Crippen LogP contribution in [0.25, 0.3) is 0 Å². The Balaban J connectivity index is 2.16. The van der Waals surface area contributed by atoms with Gasteiger partial charge in [0, 0.05) is 24.9 Å². The molecule has 0 radical (unpaired) electrons. The molecule has 2 rings (SSSR count). The molecule has 0 spiro atoms. The van der Waals surface area contributed by atoms with Crippen LogP contribution in [0.4, 0.5) is 0 Å². The van der Waals surface area contributed by atoms with Crippen molar-refractivity contribution in [2.75, 3.05) is 6.54 Å². The number of nitrogens with zero attached hydrogens (tertiary/aromatic N) is 2. The molecule has 1 aromatic rings. The minimum atomic E-state index is -1.14. The SMILES string of the molecule is CC(C)CC(=O)N1CCc2noc(C(=O)O)c2C1. The van der Waals surface area contributed by atoms with Gasteiger partial charge in [0.2, 0.25) is 11.7 Å². The monoisotopic (exact) mass is 252 g/mol. The van der Waals surface area contributed by atoms with Crippen LogP contribution in [0.1, 0.15) is 42.1 Å². The second kappa shape index (κ2) is 4.80. The van der Waals surface area contributed by atoms with Crippen molar-refractivity contribution < 1.29 is 19.2 Å². The molecule has 0 unspecified atom stereocenters. The number of hydrogen-bond donors (Lipinski definition) is 1. The van der Waals surface area contributed by atoms with Crippen molar-refractivity contribution in [2.24, 2.45) is 5.92 Å². The predicted molar refractivity (Wildman–Crippen MR) is 62.0 cm³/mol. The molecule has 0 aromatic carbocycles. The molecular formula is C12H16N2O4. The van der Waals surface area contributed by atoms with Crippen molar-refractivity contribution in [3.63, 3.8) is 0 Å². The highest BCUT2D eigenvalue weighted by atomic mass is 16.5. The van der Waals surface area contributed by atoms with Gasteiger partial charge in [0.1, 0.15) is 0 Å². The highest BCUT2D eigenvalue weighted by Gasteiger charge is 2.29. The molecule has 2 heterocycles. The zero-order valence-corrected chi connectivity index (χ0v) is 10.5. The van der Waals surface area contributed by atoms with Gasteiger partial charge >= 0.3 is 5.97 Å². The number of fused-ring (bicyclic) bond motifs is 1. The zero-order valence-electron chi connectivity index (χ0n) is 10.5. The molecular weight excluding hydrogens is 236 g/mol. The lowest BCUT2D eigenvalue weighted by atomic mass is 10.0. The second-order valence-corrected chi connectivity index (χ2v) is 4.91. The Labute approximate surface area is 105 Å². The van der Waals surface area contributed by atoms with E-state index in [1.807, 2.05) is 13.8 Å². The molecule has 0 bridgehead atoms. The zero-order chi connectivity index (χ0) is 13.3. The number of carbonyl (C=O) groups is 2. The lowest BCUT2D eigenvalue weighted by Gasteiger charge is -2.26. The number of rotatable bonds is 3. The number of carboxylic acids is 1. The fraction of sp³-hybridized carbons (Fsp3) is 0.583. The van der Waals surface area contributed by atoms with Crippen LogP contribution in [0.5, 0.6) is 0 Å². The molecule has 0 saturated heterocycles. The van der Waals surface area contributed by atoms with Crippen LogP contribution in [0, 0.1) is 5.92 Å². The number of hydrogen-bond acceptors (Lipinski definition) is 4. The maximum absolute atomic E-state index is 11.9. The van der Waals surface area contributed by atoms with Gasteiger partial charge in [0.05, 0.1) is 12.2 Å². The average Bonchev–Trinajstić information content (AvgIpc) is 2.70. The molecule has 1 aliphatic rings. The van der Waals surface area contributed by atoms with Crippen LogP contribution in [-0.4, -0.2) is 33.6 Å². The van der Waals surface area contributed by atoms with Gasteiger partial charge in [-0.25, -0.2) is 4.79 Å². The summed E-state index contributed by atoms with van der Waals surface area (Å²) in [5.74, 6) is -0.942. The van der Waals surface area contributed by atoms with Gasteiger partial charge in [-0.15, -0.1) is 0 Å². The Morgan fingerprint density at radius 2 is 2.22 bits per heavy atom. The summed E-state index contributed by atoms with van der Waals surface area (Å²) in [7, 11) is 0. The molecule has 1 N–H and O–H groups in total. The summed E-state index contributed by atoms with van der Waals surface area (Å²) in [6.07, 6.45) is 1.03. The molecule has 0 atom stereocenters. The van der Waals surface area contributed by atoms with Crippen LogP contribution < -0.4 is 0 Å². The first-order chi connectivity index (χ1) is 8.49. The van der Waals surface area contributed by atoms with E-state index >= 15 is 0 Å². The largest absolute Gasteiger partial charge is 0.475 e. The van der Waals surface area contributed by atoms with Crippen LogP contribution in [0.3, 0.4) is 0 Å². The van der Waals surface area contributed by atoms with Gasteiger partial charge < -0.3 is 14.5 Å². The molecule has 18 heavy (non-hydrogen) atoms. The molecule has 0 fully saturated rings. The van der Waals surface area contributed by atoms with Gasteiger partial charge in [0.15, 0.2) is 0 Å². The molecule has 1 amide bonds. The van der Waals surface area contributed by atoms with E-state index in [-0.39, 0.29) is 18.2 Å². The van der Waals surface area contributed by atoms with Crippen molar-refractivity contribution in [1.29, 1.82) is 0 Å². The van der Waals surface area contributed by atoms with E-state index in [1.54, 1.807) is 4.90 Å². The molecule has 0 saturated carbocycles. The minimum absolute atomic E-state index is 0.0492. The van der Waals surface area contributed by atoms with Crippen LogP contribution in [-0.2, 0) is 17.8 Å². The minimum Gasteiger partial charge on any atom is -0.475 e. The van der Waals surface area contributed by atoms with E-state index in [4.69, 9.17) is 9.63 Å². The first-order valence-electron chi connectivity index (χ1n) is 5.97. The Hall–Kier alpha value is -1.85. The standard InChI is InChI=1S/C12H16N2O4/c1-7(2)5-10(15)14-4-3-9-8(6-14)11(12(16)17)18-13-9/h7H,3-6H2,1-2H3,(H,16,17). The van der Waals surface area contributed by atoms with E-state index in [2.05, 4.69) is 5.16 Å². The van der Waals surface area contributed by atoms with E-state index in [0.717, 1.165) is 0 Å². The summed E-state index contributed by atoms with van der Waals surface area (Å²) in [6.45, 7) is 4.82. The quantitative estimate of drug-likeness (QED) is 0.876. The number of carboxylic acid groups (broad SMARTS) is 1. The van der Waals surface area contributed by atoms with Crippen LogP contribution in [0.15, 0.2) is 4.52 Å². The van der Waals surface area contributed by atoms with Crippen molar-refractivity contribution in [2.45, 2.75) is 33.2 Å². The van der Waals surface area contributed by atoms with Crippen molar-refractivity contribution in [1.82, 2.24) is 10.1 Å². The summed E-state index contributed by atoms with van der Waals surface area (Å²) in [5, 5.41) is 12.7. The predicted octanol–water partition coefficient (Wildman–Crippen LogP) is 1.30. The molecule has 0 aliphatic carbocycles. The Kier molecular flexibility index (Phi) is 3.36. The lowest BCUT2D eigenvalue weighted by Crippen LogP contribution is -2.36. The summed E-state index contributed by atoms with van der Waals surface area (Å²) in [4.78, 5) is 24.6. The van der Waals surface area contributed by atoms with Gasteiger partial charge in [-0.2, -0.15) is 0 Å². The van der Waals surface area contributed by atoms with E-state index in [0.29, 0.717) is 36.6 Å². The van der Waals surface area contributed by atoms with Crippen LogP contribution in [0.2, 0.25) is 0 Å². The Bertz CT molecular complexity index is 478. The summed E-state index contributed by atoms with van der Waals surface area (Å²) in [6, 6.07) is 0. The highest BCUT2D eigenvalue weighted by Crippen LogP contribution is 2.23. The maximum atomic E-state index is 11.9. The molecule has 98 valence electrons. The third-order valence-electron chi connectivity index (χ3n) is 2.97. The summed E-state index contributed by atoms with van der Waals surface area (Å²) >= 11 is 0. The number of carbonyl (C=O) groups excluding carboxylic acids is 1. The maximum Gasteiger partial charge on any atom is 0.375 e. The van der Waals surface area contributed by atoms with E-state index in [1.165, 1.54) is 0 Å². The van der Waals surface area contributed by atoms with Crippen LogP contribution >= 0.6 is 0 Å². The topological polar surface area (TPSA) is 83.6 Å². The lowest BCUT2D eigenvalue weighted by molar-refractivity contribution is -0.132. The normalized spacial score (nSPS) is 14.7. The van der Waals surface area contributed by atoms with Crippen molar-refractivity contribution in [3.05, 3.63) is 17.0 Å². The van der Waals surface area contributed by atoms with E-state index < -0.39 is 5.97 Å². The average molecular weight is 252 g/mol. The fourth-order valence-corrected chi connectivity index (χ4v) is 2.07. The summed E-state index contributed by atoms with van der Waals surface area (Å²) in [5.41, 5.74) is 1.19. The smallest absolute Gasteiger partial charge is 0.375 e. The third kappa shape index (κ3) is 2.37. The third-order valence-corrected chi connectivity index (χ3v) is 2.97. The Morgan fingerprint density at radius 1 is 1.50 bits per heavy atom. The first kappa shape index (κ1) is 12.6. The number of aromatic carboxylic acids is 1. The fourth-order valence-electron chi connectivity index (χ4n) is 2.07. The van der Waals surface area contributed by atoms with Crippen molar-refractivity contribution >= 4 is 11.9 Å². The summed E-state index contributed by atoms with van der Waals surface area (Å²) < 4.78 is 4.80. The van der Waals surface area contributed by atoms with Gasteiger partial charge in [-0.3, -0.25) is 4.79 Å². The number of aromatic nitrogens is 1. The second-order valence-electron chi connectivity index (χ2n) is 4.91. The first-order valence-corrected chi connectivity index (χ1v) is 5.97. The van der Waals surface area contributed by atoms with Crippen molar-refractivity contribution in [3.8, 4) is 0 Å². The highest BCUT2D eigenvalue weighted by molar-refractivity contribution is 5.86. The molecule has 1 aromatic heterocycles. The Morgan fingerprint density at radius 3 is 2.83 bits per heavy atom. The van der Waals surface area contributed by atoms with E-state index in [9.17, 15) is 9.59 Å². The van der Waals surface area contributed by atoms with Gasteiger partial charge in [0.25, 0.3) is 0 Å². The van der Waals surface area contributed by atoms with Gasteiger partial charge in [-0.1, -0.05) is 19.0 Å². The molecule has 6 nitrogen and oxygen atoms in total.